The topological polar surface area (TPSA) is 52.5 Å². The van der Waals surface area contributed by atoms with Crippen molar-refractivity contribution in [3.8, 4) is 5.75 Å². The molecule has 0 aliphatic rings. The van der Waals surface area contributed by atoms with Gasteiger partial charge in [0.2, 0.25) is 0 Å². The maximum atomic E-state index is 5.98. The average Bonchev–Trinajstić information content (AvgIpc) is 2.98. The maximum absolute atomic E-state index is 5.98. The molecule has 0 aliphatic heterocycles. The van der Waals surface area contributed by atoms with Crippen LogP contribution < -0.4 is 10.5 Å². The van der Waals surface area contributed by atoms with Crippen LogP contribution in [-0.2, 0) is 13.0 Å². The van der Waals surface area contributed by atoms with E-state index < -0.39 is 0 Å². The van der Waals surface area contributed by atoms with Gasteiger partial charge >= 0.3 is 0 Å². The molecule has 0 radical (unpaired) electrons. The molecule has 2 aromatic heterocycles. The quantitative estimate of drug-likeness (QED) is 0.788. The van der Waals surface area contributed by atoms with Crippen LogP contribution in [0.4, 0.5) is 0 Å². The molecule has 0 amide bonds. The van der Waals surface area contributed by atoms with Crippen molar-refractivity contribution in [2.75, 3.05) is 6.54 Å². The van der Waals surface area contributed by atoms with E-state index in [1.807, 2.05) is 22.2 Å². The van der Waals surface area contributed by atoms with Gasteiger partial charge in [0, 0.05) is 17.8 Å². The van der Waals surface area contributed by atoms with E-state index in [4.69, 9.17) is 10.5 Å². The molecule has 4 nitrogen and oxygen atoms in total. The smallest absolute Gasteiger partial charge is 0.193 e. The van der Waals surface area contributed by atoms with E-state index in [0.717, 1.165) is 34.0 Å². The van der Waals surface area contributed by atoms with Crippen molar-refractivity contribution in [2.24, 2.45) is 5.73 Å². The second-order valence-corrected chi connectivity index (χ2v) is 6.08. The second-order valence-electron chi connectivity index (χ2n) is 5.21. The van der Waals surface area contributed by atoms with Gasteiger partial charge in [0.1, 0.15) is 12.4 Å². The van der Waals surface area contributed by atoms with Crippen molar-refractivity contribution in [1.29, 1.82) is 0 Å². The van der Waals surface area contributed by atoms with Gasteiger partial charge in [0.15, 0.2) is 4.96 Å². The first-order valence-electron chi connectivity index (χ1n) is 7.01. The Morgan fingerprint density at radius 1 is 1.29 bits per heavy atom. The Morgan fingerprint density at radius 3 is 2.71 bits per heavy atom. The van der Waals surface area contributed by atoms with Crippen molar-refractivity contribution < 1.29 is 4.74 Å². The number of nitrogens with zero attached hydrogens (tertiary/aromatic N) is 2. The van der Waals surface area contributed by atoms with Crippen LogP contribution in [-0.4, -0.2) is 15.9 Å². The molecule has 21 heavy (non-hydrogen) atoms. The van der Waals surface area contributed by atoms with Gasteiger partial charge < -0.3 is 10.5 Å². The lowest BCUT2D eigenvalue weighted by Crippen LogP contribution is -2.05. The predicted octanol–water partition coefficient (Wildman–Crippen LogP) is 3.09. The molecule has 0 atom stereocenters. The maximum Gasteiger partial charge on any atom is 0.193 e. The Kier molecular flexibility index (Phi) is 3.94. The summed E-state index contributed by atoms with van der Waals surface area (Å²) in [7, 11) is 0. The number of aromatic nitrogens is 2. The fourth-order valence-corrected chi connectivity index (χ4v) is 3.29. The van der Waals surface area contributed by atoms with E-state index in [1.54, 1.807) is 11.3 Å². The Balaban J connectivity index is 1.76. The van der Waals surface area contributed by atoms with Crippen LogP contribution in [0.5, 0.6) is 5.75 Å². The summed E-state index contributed by atoms with van der Waals surface area (Å²) < 4.78 is 8.00. The number of nitrogens with two attached hydrogens (primary N) is 1. The van der Waals surface area contributed by atoms with Gasteiger partial charge in [-0.15, -0.1) is 11.3 Å². The van der Waals surface area contributed by atoms with E-state index in [-0.39, 0.29) is 0 Å². The molecule has 0 fully saturated rings. The summed E-state index contributed by atoms with van der Waals surface area (Å²) in [6.45, 7) is 5.32. The summed E-state index contributed by atoms with van der Waals surface area (Å²) in [6.07, 6.45) is 4.92. The molecule has 5 heteroatoms. The summed E-state index contributed by atoms with van der Waals surface area (Å²) in [5.41, 5.74) is 10.1. The van der Waals surface area contributed by atoms with Crippen molar-refractivity contribution in [3.63, 3.8) is 0 Å². The van der Waals surface area contributed by atoms with Gasteiger partial charge in [-0.1, -0.05) is 12.1 Å². The number of rotatable bonds is 5. The van der Waals surface area contributed by atoms with Gasteiger partial charge in [0.25, 0.3) is 0 Å². The van der Waals surface area contributed by atoms with Crippen LogP contribution in [0.25, 0.3) is 4.96 Å². The Hall–Kier alpha value is -1.85. The summed E-state index contributed by atoms with van der Waals surface area (Å²) in [5, 5.41) is 2.03. The number of aryl methyl sites for hydroxylation is 2. The third kappa shape index (κ3) is 2.94. The number of hydrogen-bond donors (Lipinski definition) is 1. The summed E-state index contributed by atoms with van der Waals surface area (Å²) in [5.74, 6) is 0.951. The number of ether oxygens (including phenoxy) is 1. The third-order valence-corrected chi connectivity index (χ3v) is 4.23. The summed E-state index contributed by atoms with van der Waals surface area (Å²) in [4.78, 5) is 5.53. The van der Waals surface area contributed by atoms with Gasteiger partial charge in [-0.05, 0) is 43.5 Å². The van der Waals surface area contributed by atoms with Crippen LogP contribution in [0.15, 0.2) is 29.9 Å². The molecule has 0 unspecified atom stereocenters. The Morgan fingerprint density at radius 2 is 2.05 bits per heavy atom. The highest BCUT2D eigenvalue weighted by Crippen LogP contribution is 2.26. The molecule has 110 valence electrons. The molecule has 3 aromatic rings. The first-order chi connectivity index (χ1) is 10.2. The van der Waals surface area contributed by atoms with Crippen LogP contribution in [0.3, 0.4) is 0 Å². The fourth-order valence-electron chi connectivity index (χ4n) is 2.57. The molecule has 0 bridgehead atoms. The van der Waals surface area contributed by atoms with Crippen molar-refractivity contribution in [2.45, 2.75) is 26.9 Å². The first-order valence-corrected chi connectivity index (χ1v) is 7.89. The van der Waals surface area contributed by atoms with Crippen LogP contribution in [0.1, 0.15) is 22.4 Å². The molecule has 0 aliphatic carbocycles. The third-order valence-electron chi connectivity index (χ3n) is 3.46. The number of thiazole rings is 1. The minimum absolute atomic E-state index is 0.492. The monoisotopic (exact) mass is 301 g/mol. The molecule has 2 N–H and O–H groups in total. The molecular weight excluding hydrogens is 282 g/mol. The fraction of sp³-hybridized carbons (Fsp3) is 0.312. The lowest BCUT2D eigenvalue weighted by Gasteiger charge is -2.13. The summed E-state index contributed by atoms with van der Waals surface area (Å²) >= 11 is 1.63. The highest BCUT2D eigenvalue weighted by atomic mass is 32.1. The normalized spacial score (nSPS) is 11.2. The summed E-state index contributed by atoms with van der Waals surface area (Å²) in [6, 6.07) is 4.31. The Bertz CT molecular complexity index is 708. The Labute approximate surface area is 128 Å². The van der Waals surface area contributed by atoms with E-state index in [2.05, 4.69) is 31.0 Å². The SMILES string of the molecule is Cc1cc(CCN)cc(C)c1OCc1cn2ccsc2n1. The minimum atomic E-state index is 0.492. The zero-order valence-corrected chi connectivity index (χ0v) is 13.1. The largest absolute Gasteiger partial charge is 0.487 e. The number of benzene rings is 1. The van der Waals surface area contributed by atoms with Crippen molar-refractivity contribution >= 4 is 16.3 Å². The van der Waals surface area contributed by atoms with Crippen LogP contribution in [0, 0.1) is 13.8 Å². The van der Waals surface area contributed by atoms with E-state index >= 15 is 0 Å². The van der Waals surface area contributed by atoms with Crippen molar-refractivity contribution in [3.05, 3.63) is 52.3 Å². The van der Waals surface area contributed by atoms with Crippen LogP contribution in [0.2, 0.25) is 0 Å². The molecule has 0 saturated carbocycles. The van der Waals surface area contributed by atoms with Gasteiger partial charge in [0.05, 0.1) is 5.69 Å². The van der Waals surface area contributed by atoms with E-state index in [0.29, 0.717) is 13.2 Å². The molecular formula is C16H19N3OS. The van der Waals surface area contributed by atoms with E-state index in [9.17, 15) is 0 Å². The number of fused-ring (bicyclic) bond motifs is 1. The number of hydrogen-bond acceptors (Lipinski definition) is 4. The van der Waals surface area contributed by atoms with Crippen molar-refractivity contribution in [1.82, 2.24) is 9.38 Å². The lowest BCUT2D eigenvalue weighted by molar-refractivity contribution is 0.298. The lowest BCUT2D eigenvalue weighted by atomic mass is 10.0. The van der Waals surface area contributed by atoms with Crippen LogP contribution >= 0.6 is 11.3 Å². The standard InChI is InChI=1S/C16H19N3OS/c1-11-7-13(3-4-17)8-12(2)15(11)20-10-14-9-19-5-6-21-16(19)18-14/h5-9H,3-4,10,17H2,1-2H3. The number of imidazole rings is 1. The highest BCUT2D eigenvalue weighted by molar-refractivity contribution is 7.15. The zero-order chi connectivity index (χ0) is 14.8. The van der Waals surface area contributed by atoms with E-state index in [1.165, 1.54) is 5.56 Å². The molecule has 0 saturated heterocycles. The predicted molar refractivity (Wildman–Crippen MR) is 86.1 cm³/mol. The first kappa shape index (κ1) is 14.1. The van der Waals surface area contributed by atoms with Gasteiger partial charge in [-0.25, -0.2) is 4.98 Å². The zero-order valence-electron chi connectivity index (χ0n) is 12.3. The molecule has 0 spiro atoms. The minimum Gasteiger partial charge on any atom is -0.487 e. The highest BCUT2D eigenvalue weighted by Gasteiger charge is 2.08. The molecule has 1 aromatic carbocycles. The average molecular weight is 301 g/mol. The van der Waals surface area contributed by atoms with Gasteiger partial charge in [-0.2, -0.15) is 0 Å². The molecule has 2 heterocycles. The molecule has 3 rings (SSSR count). The van der Waals surface area contributed by atoms with Gasteiger partial charge in [-0.3, -0.25) is 4.40 Å². The second kappa shape index (κ2) is 5.87.